The third-order valence-corrected chi connectivity index (χ3v) is 2.62. The van der Waals surface area contributed by atoms with E-state index < -0.39 is 6.29 Å². The predicted molar refractivity (Wildman–Crippen MR) is 61.8 cm³/mol. The molecule has 2 atom stereocenters. The molecule has 1 aliphatic heterocycles. The molecule has 2 rings (SSSR count). The molecule has 4 nitrogen and oxygen atoms in total. The van der Waals surface area contributed by atoms with Crippen LogP contribution in [0.1, 0.15) is 11.1 Å². The zero-order valence-electron chi connectivity index (χ0n) is 9.71. The van der Waals surface area contributed by atoms with Gasteiger partial charge in [0, 0.05) is 19.8 Å². The summed E-state index contributed by atoms with van der Waals surface area (Å²) < 4.78 is 15.8. The zero-order chi connectivity index (χ0) is 12.3. The number of ether oxygens (including phenoxy) is 3. The van der Waals surface area contributed by atoms with Gasteiger partial charge >= 0.3 is 0 Å². The third-order valence-electron chi connectivity index (χ3n) is 2.62. The fraction of sp³-hybridized carbons (Fsp3) is 0.308. The van der Waals surface area contributed by atoms with Crippen LogP contribution in [0.4, 0.5) is 0 Å². The van der Waals surface area contributed by atoms with Crippen LogP contribution in [0.25, 0.3) is 5.57 Å². The molecule has 2 unspecified atom stereocenters. The highest BCUT2D eigenvalue weighted by molar-refractivity contribution is 5.70. The van der Waals surface area contributed by atoms with Crippen LogP contribution >= 0.6 is 0 Å². The van der Waals surface area contributed by atoms with Crippen molar-refractivity contribution in [2.24, 2.45) is 0 Å². The van der Waals surface area contributed by atoms with Crippen molar-refractivity contribution in [1.82, 2.24) is 0 Å². The second kappa shape index (κ2) is 5.11. The first kappa shape index (κ1) is 11.8. The lowest BCUT2D eigenvalue weighted by molar-refractivity contribution is -0.170. The molecule has 0 aliphatic carbocycles. The van der Waals surface area contributed by atoms with Crippen molar-refractivity contribution in [3.63, 3.8) is 0 Å². The van der Waals surface area contributed by atoms with Gasteiger partial charge in [-0.1, -0.05) is 12.1 Å². The van der Waals surface area contributed by atoms with Gasteiger partial charge in [0.25, 0.3) is 0 Å². The van der Waals surface area contributed by atoms with Gasteiger partial charge in [-0.3, -0.25) is 0 Å². The van der Waals surface area contributed by atoms with E-state index in [1.54, 1.807) is 26.4 Å². The molecule has 0 saturated heterocycles. The molecule has 0 radical (unpaired) electrons. The van der Waals surface area contributed by atoms with Crippen LogP contribution in [0.15, 0.2) is 30.3 Å². The van der Waals surface area contributed by atoms with Gasteiger partial charge in [0.05, 0.1) is 11.6 Å². The van der Waals surface area contributed by atoms with E-state index in [0.717, 1.165) is 11.1 Å². The van der Waals surface area contributed by atoms with Gasteiger partial charge in [0.2, 0.25) is 0 Å². The Labute approximate surface area is 100 Å². The van der Waals surface area contributed by atoms with Crippen LogP contribution in [0.3, 0.4) is 0 Å². The summed E-state index contributed by atoms with van der Waals surface area (Å²) in [5.41, 5.74) is 2.52. The molecule has 0 saturated carbocycles. The van der Waals surface area contributed by atoms with E-state index >= 15 is 0 Å². The van der Waals surface area contributed by atoms with E-state index in [2.05, 4.69) is 6.07 Å². The number of nitriles is 1. The molecule has 0 aromatic heterocycles. The van der Waals surface area contributed by atoms with Crippen molar-refractivity contribution in [2.45, 2.75) is 12.6 Å². The minimum Gasteiger partial charge on any atom is -0.352 e. The summed E-state index contributed by atoms with van der Waals surface area (Å²) >= 11 is 0. The number of hydrogen-bond acceptors (Lipinski definition) is 4. The summed E-state index contributed by atoms with van der Waals surface area (Å²) in [6.07, 6.45) is 1.06. The van der Waals surface area contributed by atoms with Crippen LogP contribution in [-0.4, -0.2) is 26.8 Å². The molecule has 1 aromatic rings. The summed E-state index contributed by atoms with van der Waals surface area (Å²) in [7, 11) is 3.16. The van der Waals surface area contributed by atoms with Gasteiger partial charge in [-0.2, -0.15) is 5.26 Å². The maximum Gasteiger partial charge on any atom is 0.187 e. The quantitative estimate of drug-likeness (QED) is 0.797. The number of methoxy groups -OCH3 is 2. The van der Waals surface area contributed by atoms with Crippen molar-refractivity contribution in [1.29, 1.82) is 5.26 Å². The summed E-state index contributed by atoms with van der Waals surface area (Å²) in [6.45, 7) is 0. The summed E-state index contributed by atoms with van der Waals surface area (Å²) in [4.78, 5) is 0. The summed E-state index contributed by atoms with van der Waals surface area (Å²) in [5, 5.41) is 8.74. The Kier molecular flexibility index (Phi) is 3.55. The highest BCUT2D eigenvalue weighted by Gasteiger charge is 2.27. The topological polar surface area (TPSA) is 51.5 Å². The van der Waals surface area contributed by atoms with E-state index in [4.69, 9.17) is 19.5 Å². The van der Waals surface area contributed by atoms with Crippen LogP contribution in [-0.2, 0) is 14.2 Å². The Balaban J connectivity index is 2.28. The minimum absolute atomic E-state index is 0.384. The average Bonchev–Trinajstić information content (AvgIpc) is 2.82. The Morgan fingerprint density at radius 3 is 2.41 bits per heavy atom. The number of nitrogens with zero attached hydrogens (tertiary/aromatic N) is 1. The van der Waals surface area contributed by atoms with Gasteiger partial charge in [-0.15, -0.1) is 0 Å². The van der Waals surface area contributed by atoms with Crippen molar-refractivity contribution in [2.75, 3.05) is 14.2 Å². The Morgan fingerprint density at radius 1 is 1.18 bits per heavy atom. The number of hydrogen-bond donors (Lipinski definition) is 0. The predicted octanol–water partition coefficient (Wildman–Crippen LogP) is 1.92. The first-order valence-corrected chi connectivity index (χ1v) is 5.21. The SMILES string of the molecule is COC1C=C(c2ccc(C#N)cc2)C(OC)O1. The van der Waals surface area contributed by atoms with Crippen molar-refractivity contribution in [3.8, 4) is 6.07 Å². The lowest BCUT2D eigenvalue weighted by Crippen LogP contribution is -2.16. The van der Waals surface area contributed by atoms with Crippen molar-refractivity contribution < 1.29 is 14.2 Å². The third kappa shape index (κ3) is 2.37. The monoisotopic (exact) mass is 231 g/mol. The molecule has 0 amide bonds. The van der Waals surface area contributed by atoms with E-state index in [1.807, 2.05) is 18.2 Å². The number of benzene rings is 1. The molecule has 0 fully saturated rings. The average molecular weight is 231 g/mol. The Bertz CT molecular complexity index is 459. The van der Waals surface area contributed by atoms with E-state index in [9.17, 15) is 0 Å². The van der Waals surface area contributed by atoms with Crippen LogP contribution in [0.2, 0.25) is 0 Å². The molecule has 1 aromatic carbocycles. The highest BCUT2D eigenvalue weighted by atomic mass is 16.8. The van der Waals surface area contributed by atoms with Crippen LogP contribution in [0.5, 0.6) is 0 Å². The summed E-state index contributed by atoms with van der Waals surface area (Å²) in [6, 6.07) is 9.36. The molecule has 4 heteroatoms. The van der Waals surface area contributed by atoms with Crippen molar-refractivity contribution in [3.05, 3.63) is 41.5 Å². The zero-order valence-corrected chi connectivity index (χ0v) is 9.71. The van der Waals surface area contributed by atoms with Gasteiger partial charge in [0.15, 0.2) is 12.6 Å². The fourth-order valence-electron chi connectivity index (χ4n) is 1.74. The molecule has 0 N–H and O–H groups in total. The van der Waals surface area contributed by atoms with Gasteiger partial charge in [-0.25, -0.2) is 0 Å². The second-order valence-corrected chi connectivity index (χ2v) is 3.62. The smallest absolute Gasteiger partial charge is 0.187 e. The lowest BCUT2D eigenvalue weighted by atomic mass is 10.0. The van der Waals surface area contributed by atoms with Gasteiger partial charge in [-0.05, 0) is 23.8 Å². The molecular weight excluding hydrogens is 218 g/mol. The highest BCUT2D eigenvalue weighted by Crippen LogP contribution is 2.29. The Morgan fingerprint density at radius 2 is 1.88 bits per heavy atom. The van der Waals surface area contributed by atoms with Crippen LogP contribution in [0, 0.1) is 11.3 Å². The van der Waals surface area contributed by atoms with Gasteiger partial charge < -0.3 is 14.2 Å². The molecule has 1 heterocycles. The lowest BCUT2D eigenvalue weighted by Gasteiger charge is -2.14. The van der Waals surface area contributed by atoms with Crippen molar-refractivity contribution >= 4 is 5.57 Å². The second-order valence-electron chi connectivity index (χ2n) is 3.62. The Hall–Kier alpha value is -1.67. The molecule has 0 bridgehead atoms. The van der Waals surface area contributed by atoms with E-state index in [0.29, 0.717) is 5.56 Å². The van der Waals surface area contributed by atoms with Crippen LogP contribution < -0.4 is 0 Å². The molecule has 0 spiro atoms. The van der Waals surface area contributed by atoms with Gasteiger partial charge in [0.1, 0.15) is 0 Å². The maximum absolute atomic E-state index is 8.74. The molecular formula is C13H13NO3. The largest absolute Gasteiger partial charge is 0.352 e. The fourth-order valence-corrected chi connectivity index (χ4v) is 1.74. The molecule has 88 valence electrons. The normalized spacial score (nSPS) is 23.2. The first-order valence-electron chi connectivity index (χ1n) is 5.21. The molecule has 17 heavy (non-hydrogen) atoms. The number of rotatable bonds is 3. The van der Waals surface area contributed by atoms with E-state index in [1.165, 1.54) is 0 Å². The summed E-state index contributed by atoms with van der Waals surface area (Å²) in [5.74, 6) is 0. The van der Waals surface area contributed by atoms with E-state index in [-0.39, 0.29) is 6.29 Å². The minimum atomic E-state index is -0.423. The first-order chi connectivity index (χ1) is 8.28. The molecule has 1 aliphatic rings. The standard InChI is InChI=1S/C13H13NO3/c1-15-12-7-11(13(16-2)17-12)10-5-3-9(8-14)4-6-10/h3-7,12-13H,1-2H3. The maximum atomic E-state index is 8.74.